The lowest BCUT2D eigenvalue weighted by Crippen LogP contribution is -2.36. The summed E-state index contributed by atoms with van der Waals surface area (Å²) >= 11 is 5.23. The Labute approximate surface area is 150 Å². The van der Waals surface area contributed by atoms with Crippen molar-refractivity contribution in [3.63, 3.8) is 0 Å². The highest BCUT2D eigenvalue weighted by Gasteiger charge is 2.27. The molecule has 132 valence electrons. The highest BCUT2D eigenvalue weighted by Crippen LogP contribution is 2.26. The van der Waals surface area contributed by atoms with E-state index >= 15 is 0 Å². The van der Waals surface area contributed by atoms with Crippen molar-refractivity contribution in [1.82, 2.24) is 9.62 Å². The molecular weight excluding hydrogens is 342 g/mol. The first kappa shape index (κ1) is 18.9. The molecule has 5 nitrogen and oxygen atoms in total. The van der Waals surface area contributed by atoms with Crippen molar-refractivity contribution < 1.29 is 8.42 Å². The molecule has 0 amide bonds. The topological polar surface area (TPSA) is 61.4 Å². The van der Waals surface area contributed by atoms with Gasteiger partial charge in [0.05, 0.1) is 4.90 Å². The Morgan fingerprint density at radius 3 is 2.58 bits per heavy atom. The average molecular weight is 368 g/mol. The van der Waals surface area contributed by atoms with Crippen molar-refractivity contribution in [2.45, 2.75) is 38.0 Å². The number of nitrogens with one attached hydrogen (secondary N) is 2. The number of piperidine rings is 1. The van der Waals surface area contributed by atoms with Gasteiger partial charge in [-0.3, -0.25) is 0 Å². The van der Waals surface area contributed by atoms with E-state index in [0.717, 1.165) is 30.4 Å². The number of thiocarbonyl (C=S) groups is 1. The van der Waals surface area contributed by atoms with Gasteiger partial charge < -0.3 is 10.6 Å². The zero-order valence-corrected chi connectivity index (χ0v) is 15.9. The van der Waals surface area contributed by atoms with Crippen LogP contribution in [0.15, 0.2) is 35.2 Å². The van der Waals surface area contributed by atoms with Crippen LogP contribution in [0.2, 0.25) is 0 Å². The first-order valence-electron chi connectivity index (χ1n) is 8.11. The summed E-state index contributed by atoms with van der Waals surface area (Å²) in [6.07, 6.45) is 2.94. The lowest BCUT2D eigenvalue weighted by Gasteiger charge is -2.26. The zero-order valence-electron chi connectivity index (χ0n) is 14.3. The molecule has 1 heterocycles. The highest BCUT2D eigenvalue weighted by molar-refractivity contribution is 7.89. The standard InChI is InChI=1S/C17H25N3O2S2/c1-13(2)12-18-17(23)19-15-8-7-14(3)16(11-15)24(21,22)20-9-5-4-6-10-20/h7-8,11H,1,4-6,9-10,12H2,2-3H3,(H2,18,19,23). The van der Waals surface area contributed by atoms with E-state index in [1.807, 2.05) is 19.9 Å². The molecule has 24 heavy (non-hydrogen) atoms. The maximum absolute atomic E-state index is 12.9. The van der Waals surface area contributed by atoms with Crippen LogP contribution in [0.5, 0.6) is 0 Å². The Kier molecular flexibility index (Phi) is 6.37. The Balaban J connectivity index is 2.18. The summed E-state index contributed by atoms with van der Waals surface area (Å²) < 4.78 is 27.4. The fourth-order valence-electron chi connectivity index (χ4n) is 2.61. The normalized spacial score (nSPS) is 15.8. The Morgan fingerprint density at radius 2 is 1.96 bits per heavy atom. The van der Waals surface area contributed by atoms with Crippen molar-refractivity contribution in [3.8, 4) is 0 Å². The molecule has 1 aliphatic heterocycles. The van der Waals surface area contributed by atoms with Gasteiger partial charge in [-0.15, -0.1) is 0 Å². The molecule has 0 bridgehead atoms. The molecule has 0 spiro atoms. The summed E-state index contributed by atoms with van der Waals surface area (Å²) in [7, 11) is -3.46. The van der Waals surface area contributed by atoms with Crippen LogP contribution in [0, 0.1) is 6.92 Å². The van der Waals surface area contributed by atoms with Crippen molar-refractivity contribution in [3.05, 3.63) is 35.9 Å². The van der Waals surface area contributed by atoms with Gasteiger partial charge in [-0.1, -0.05) is 24.6 Å². The van der Waals surface area contributed by atoms with Crippen LogP contribution < -0.4 is 10.6 Å². The van der Waals surface area contributed by atoms with Gasteiger partial charge >= 0.3 is 0 Å². The lowest BCUT2D eigenvalue weighted by atomic mass is 10.2. The number of hydrogen-bond acceptors (Lipinski definition) is 3. The second-order valence-corrected chi connectivity index (χ2v) is 8.52. The summed E-state index contributed by atoms with van der Waals surface area (Å²) in [5.74, 6) is 0. The summed E-state index contributed by atoms with van der Waals surface area (Å²) in [5.41, 5.74) is 2.37. The van der Waals surface area contributed by atoms with Gasteiger partial charge in [0, 0.05) is 25.3 Å². The van der Waals surface area contributed by atoms with E-state index in [4.69, 9.17) is 12.2 Å². The average Bonchev–Trinajstić information content (AvgIpc) is 2.55. The smallest absolute Gasteiger partial charge is 0.243 e. The third-order valence-corrected chi connectivity index (χ3v) is 6.22. The molecule has 1 aliphatic rings. The summed E-state index contributed by atoms with van der Waals surface area (Å²) in [6, 6.07) is 5.30. The van der Waals surface area contributed by atoms with E-state index in [2.05, 4.69) is 17.2 Å². The van der Waals surface area contributed by atoms with E-state index in [-0.39, 0.29) is 0 Å². The number of sulfonamides is 1. The predicted molar refractivity (Wildman–Crippen MR) is 103 cm³/mol. The van der Waals surface area contributed by atoms with Crippen LogP contribution in [0.3, 0.4) is 0 Å². The van der Waals surface area contributed by atoms with Gasteiger partial charge in [0.2, 0.25) is 10.0 Å². The van der Waals surface area contributed by atoms with Crippen LogP contribution in [0.4, 0.5) is 5.69 Å². The number of anilines is 1. The predicted octanol–water partition coefficient (Wildman–Crippen LogP) is 3.03. The lowest BCUT2D eigenvalue weighted by molar-refractivity contribution is 0.346. The minimum absolute atomic E-state index is 0.345. The molecule has 0 aromatic heterocycles. The molecule has 7 heteroatoms. The SMILES string of the molecule is C=C(C)CNC(=S)Nc1ccc(C)c(S(=O)(=O)N2CCCCC2)c1. The molecule has 1 aromatic rings. The molecule has 2 rings (SSSR count). The van der Waals surface area contributed by atoms with Crippen LogP contribution in [-0.4, -0.2) is 37.5 Å². The molecule has 0 radical (unpaired) electrons. The number of benzene rings is 1. The maximum atomic E-state index is 12.9. The monoisotopic (exact) mass is 367 g/mol. The van der Waals surface area contributed by atoms with Crippen LogP contribution in [0.1, 0.15) is 31.7 Å². The molecule has 1 fully saturated rings. The minimum atomic E-state index is -3.46. The number of hydrogen-bond donors (Lipinski definition) is 2. The van der Waals surface area contributed by atoms with Crippen LogP contribution in [-0.2, 0) is 10.0 Å². The molecular formula is C17H25N3O2S2. The van der Waals surface area contributed by atoms with Crippen molar-refractivity contribution in [2.24, 2.45) is 0 Å². The van der Waals surface area contributed by atoms with E-state index in [9.17, 15) is 8.42 Å². The van der Waals surface area contributed by atoms with Crippen molar-refractivity contribution in [1.29, 1.82) is 0 Å². The summed E-state index contributed by atoms with van der Waals surface area (Å²) in [5, 5.41) is 6.51. The molecule has 0 unspecified atom stereocenters. The maximum Gasteiger partial charge on any atom is 0.243 e. The zero-order chi connectivity index (χ0) is 17.7. The Bertz CT molecular complexity index is 723. The third-order valence-electron chi connectivity index (χ3n) is 3.93. The van der Waals surface area contributed by atoms with Gasteiger partial charge in [-0.05, 0) is 56.6 Å². The van der Waals surface area contributed by atoms with Crippen LogP contribution >= 0.6 is 12.2 Å². The van der Waals surface area contributed by atoms with Crippen LogP contribution in [0.25, 0.3) is 0 Å². The van der Waals surface area contributed by atoms with Crippen molar-refractivity contribution >= 4 is 33.0 Å². The molecule has 2 N–H and O–H groups in total. The Hall–Kier alpha value is -1.44. The largest absolute Gasteiger partial charge is 0.359 e. The van der Waals surface area contributed by atoms with Crippen molar-refractivity contribution in [2.75, 3.05) is 25.0 Å². The fraction of sp³-hybridized carbons (Fsp3) is 0.471. The van der Waals surface area contributed by atoms with E-state index < -0.39 is 10.0 Å². The number of aryl methyl sites for hydroxylation is 1. The summed E-state index contributed by atoms with van der Waals surface area (Å²) in [4.78, 5) is 0.345. The molecule has 1 aromatic carbocycles. The first-order valence-corrected chi connectivity index (χ1v) is 9.95. The second kappa shape index (κ2) is 8.09. The van der Waals surface area contributed by atoms with Gasteiger partial charge in [0.15, 0.2) is 5.11 Å². The highest BCUT2D eigenvalue weighted by atomic mass is 32.2. The molecule has 1 saturated heterocycles. The van der Waals surface area contributed by atoms with Gasteiger partial charge in [0.25, 0.3) is 0 Å². The van der Waals surface area contributed by atoms with E-state index in [0.29, 0.717) is 35.3 Å². The van der Waals surface area contributed by atoms with E-state index in [1.54, 1.807) is 16.4 Å². The van der Waals surface area contributed by atoms with E-state index in [1.165, 1.54) is 0 Å². The summed E-state index contributed by atoms with van der Waals surface area (Å²) in [6.45, 7) is 9.30. The van der Waals surface area contributed by atoms with Gasteiger partial charge in [-0.25, -0.2) is 8.42 Å². The number of nitrogens with zero attached hydrogens (tertiary/aromatic N) is 1. The first-order chi connectivity index (χ1) is 11.3. The minimum Gasteiger partial charge on any atom is -0.359 e. The second-order valence-electron chi connectivity index (χ2n) is 6.21. The molecule has 0 atom stereocenters. The van der Waals surface area contributed by atoms with Gasteiger partial charge in [0.1, 0.15) is 0 Å². The molecule has 0 aliphatic carbocycles. The quantitative estimate of drug-likeness (QED) is 0.619. The Morgan fingerprint density at radius 1 is 1.29 bits per heavy atom. The number of rotatable bonds is 5. The molecule has 0 saturated carbocycles. The van der Waals surface area contributed by atoms with Gasteiger partial charge in [-0.2, -0.15) is 4.31 Å². The third kappa shape index (κ3) is 4.78. The fourth-order valence-corrected chi connectivity index (χ4v) is 4.56.